The van der Waals surface area contributed by atoms with Gasteiger partial charge in [-0.2, -0.15) is 0 Å². The zero-order chi connectivity index (χ0) is 20.9. The predicted octanol–water partition coefficient (Wildman–Crippen LogP) is 4.80. The molecule has 3 heteroatoms. The van der Waals surface area contributed by atoms with Crippen molar-refractivity contribution in [1.82, 2.24) is 5.32 Å². The lowest BCUT2D eigenvalue weighted by molar-refractivity contribution is -0.125. The van der Waals surface area contributed by atoms with Crippen molar-refractivity contribution in [1.29, 1.82) is 0 Å². The molecule has 0 saturated heterocycles. The van der Waals surface area contributed by atoms with E-state index < -0.39 is 11.0 Å². The lowest BCUT2D eigenvalue weighted by Crippen LogP contribution is -2.51. The van der Waals surface area contributed by atoms with Gasteiger partial charge in [-0.05, 0) is 30.5 Å². The smallest absolute Gasteiger partial charge is 0.221 e. The molecule has 0 aliphatic heterocycles. The van der Waals surface area contributed by atoms with Gasteiger partial charge in [-0.25, -0.2) is 0 Å². The van der Waals surface area contributed by atoms with E-state index in [0.29, 0.717) is 0 Å². The molecule has 3 rings (SSSR count). The van der Waals surface area contributed by atoms with Crippen molar-refractivity contribution in [2.75, 3.05) is 0 Å². The molecule has 1 amide bonds. The molecule has 150 valence electrons. The van der Waals surface area contributed by atoms with E-state index in [1.54, 1.807) is 0 Å². The largest absolute Gasteiger partial charge is 0.379 e. The van der Waals surface area contributed by atoms with Crippen LogP contribution in [0.3, 0.4) is 0 Å². The molecule has 0 spiro atoms. The summed E-state index contributed by atoms with van der Waals surface area (Å²) in [5.74, 6) is -0.0864. The Labute approximate surface area is 173 Å². The van der Waals surface area contributed by atoms with Gasteiger partial charge in [-0.15, -0.1) is 0 Å². The quantitative estimate of drug-likeness (QED) is 0.612. The first kappa shape index (κ1) is 20.8. The molecule has 3 aromatic rings. The van der Waals surface area contributed by atoms with Crippen LogP contribution in [0.1, 0.15) is 43.9 Å². The van der Waals surface area contributed by atoms with Crippen molar-refractivity contribution in [3.05, 3.63) is 108 Å². The number of hydrogen-bond acceptors (Lipinski definition) is 2. The second-order valence-electron chi connectivity index (χ2n) is 8.04. The van der Waals surface area contributed by atoms with Crippen molar-refractivity contribution >= 4 is 5.91 Å². The first-order valence-electron chi connectivity index (χ1n) is 10.1. The molecule has 0 aliphatic rings. The summed E-state index contributed by atoms with van der Waals surface area (Å²) in [5, 5.41) is 15.4. The van der Waals surface area contributed by atoms with E-state index in [1.807, 2.05) is 112 Å². The van der Waals surface area contributed by atoms with E-state index in [9.17, 15) is 9.90 Å². The average molecular weight is 388 g/mol. The second kappa shape index (κ2) is 8.62. The number of benzene rings is 3. The van der Waals surface area contributed by atoms with Gasteiger partial charge >= 0.3 is 0 Å². The summed E-state index contributed by atoms with van der Waals surface area (Å²) >= 11 is 0. The zero-order valence-electron chi connectivity index (χ0n) is 17.3. The minimum Gasteiger partial charge on any atom is -0.379 e. The molecule has 29 heavy (non-hydrogen) atoms. The van der Waals surface area contributed by atoms with Crippen LogP contribution in [0.25, 0.3) is 0 Å². The lowest BCUT2D eigenvalue weighted by atomic mass is 9.61. The lowest BCUT2D eigenvalue weighted by Gasteiger charge is -2.46. The highest BCUT2D eigenvalue weighted by Gasteiger charge is 2.51. The Morgan fingerprint density at radius 2 is 1.17 bits per heavy atom. The van der Waals surface area contributed by atoms with Crippen molar-refractivity contribution in [2.24, 2.45) is 0 Å². The van der Waals surface area contributed by atoms with Gasteiger partial charge in [-0.1, -0.05) is 97.9 Å². The number of rotatable bonds is 7. The average Bonchev–Trinajstić information content (AvgIpc) is 2.74. The SMILES string of the molecule is CC(C)NC(=O)CC(C)(c1ccccc1)C(O)(c1ccccc1)c1ccccc1. The monoisotopic (exact) mass is 387 g/mol. The van der Waals surface area contributed by atoms with Crippen molar-refractivity contribution in [2.45, 2.75) is 44.2 Å². The highest BCUT2D eigenvalue weighted by atomic mass is 16.3. The molecule has 3 nitrogen and oxygen atoms in total. The van der Waals surface area contributed by atoms with Crippen molar-refractivity contribution in [3.63, 3.8) is 0 Å². The molecule has 0 bridgehead atoms. The van der Waals surface area contributed by atoms with Gasteiger partial charge in [0.15, 0.2) is 0 Å². The Bertz CT molecular complexity index is 883. The van der Waals surface area contributed by atoms with Gasteiger partial charge in [0.25, 0.3) is 0 Å². The number of amides is 1. The zero-order valence-corrected chi connectivity index (χ0v) is 17.3. The summed E-state index contributed by atoms with van der Waals surface area (Å²) in [6.45, 7) is 5.86. The molecule has 0 saturated carbocycles. The highest BCUT2D eigenvalue weighted by Crippen LogP contribution is 2.49. The van der Waals surface area contributed by atoms with Crippen LogP contribution in [0.5, 0.6) is 0 Å². The Morgan fingerprint density at radius 1 is 0.793 bits per heavy atom. The number of carbonyl (C=O) groups excluding carboxylic acids is 1. The summed E-state index contributed by atoms with van der Waals surface area (Å²) in [6.07, 6.45) is 0.148. The Kier molecular flexibility index (Phi) is 6.19. The van der Waals surface area contributed by atoms with Crippen LogP contribution in [0.15, 0.2) is 91.0 Å². The number of hydrogen-bond donors (Lipinski definition) is 2. The first-order valence-corrected chi connectivity index (χ1v) is 10.1. The normalized spacial score (nSPS) is 13.7. The molecule has 3 aromatic carbocycles. The minimum absolute atomic E-state index is 0.0315. The fourth-order valence-electron chi connectivity index (χ4n) is 4.10. The van der Waals surface area contributed by atoms with E-state index >= 15 is 0 Å². The molecule has 0 aliphatic carbocycles. The summed E-state index contributed by atoms with van der Waals surface area (Å²) in [4.78, 5) is 12.9. The second-order valence-corrected chi connectivity index (χ2v) is 8.04. The third kappa shape index (κ3) is 4.10. The van der Waals surface area contributed by atoms with Gasteiger partial charge in [0.2, 0.25) is 5.91 Å². The van der Waals surface area contributed by atoms with Gasteiger partial charge < -0.3 is 10.4 Å². The summed E-state index contributed by atoms with van der Waals surface area (Å²) in [7, 11) is 0. The van der Waals surface area contributed by atoms with Crippen LogP contribution in [-0.4, -0.2) is 17.1 Å². The summed E-state index contributed by atoms with van der Waals surface area (Å²) in [5.41, 5.74) is 0.139. The van der Waals surface area contributed by atoms with E-state index in [-0.39, 0.29) is 18.4 Å². The van der Waals surface area contributed by atoms with Gasteiger partial charge in [0, 0.05) is 17.9 Å². The van der Waals surface area contributed by atoms with E-state index in [2.05, 4.69) is 5.32 Å². The van der Waals surface area contributed by atoms with Crippen LogP contribution in [0.4, 0.5) is 0 Å². The van der Waals surface area contributed by atoms with Gasteiger partial charge in [-0.3, -0.25) is 4.79 Å². The van der Waals surface area contributed by atoms with Gasteiger partial charge in [0.05, 0.1) is 0 Å². The molecule has 1 atom stereocenters. The van der Waals surface area contributed by atoms with E-state index in [4.69, 9.17) is 0 Å². The van der Waals surface area contributed by atoms with Crippen molar-refractivity contribution < 1.29 is 9.90 Å². The number of aliphatic hydroxyl groups is 1. The summed E-state index contributed by atoms with van der Waals surface area (Å²) in [6, 6.07) is 29.1. The Balaban J connectivity index is 2.25. The molecular formula is C26H29NO2. The Morgan fingerprint density at radius 3 is 1.55 bits per heavy atom. The first-order chi connectivity index (χ1) is 13.9. The van der Waals surface area contributed by atoms with Crippen LogP contribution >= 0.6 is 0 Å². The van der Waals surface area contributed by atoms with Crippen LogP contribution in [-0.2, 0) is 15.8 Å². The highest BCUT2D eigenvalue weighted by molar-refractivity contribution is 5.78. The number of carbonyl (C=O) groups is 1. The van der Waals surface area contributed by atoms with Crippen LogP contribution in [0.2, 0.25) is 0 Å². The molecule has 0 heterocycles. The van der Waals surface area contributed by atoms with Crippen LogP contribution in [0, 0.1) is 0 Å². The molecule has 2 N–H and O–H groups in total. The third-order valence-electron chi connectivity index (χ3n) is 5.56. The minimum atomic E-state index is -1.40. The maximum Gasteiger partial charge on any atom is 0.221 e. The fraction of sp³-hybridized carbons (Fsp3) is 0.269. The third-order valence-corrected chi connectivity index (χ3v) is 5.56. The van der Waals surface area contributed by atoms with E-state index in [1.165, 1.54) is 0 Å². The maximum absolute atomic E-state index is 12.9. The maximum atomic E-state index is 12.9. The number of nitrogens with one attached hydrogen (secondary N) is 1. The van der Waals surface area contributed by atoms with Crippen molar-refractivity contribution in [3.8, 4) is 0 Å². The van der Waals surface area contributed by atoms with Crippen LogP contribution < -0.4 is 5.32 Å². The molecule has 1 unspecified atom stereocenters. The standard InChI is InChI=1S/C26H29NO2/c1-20(2)27-24(28)19-25(3,21-13-7-4-8-14-21)26(29,22-15-9-5-10-16-22)23-17-11-6-12-18-23/h4-18,20,29H,19H2,1-3H3,(H,27,28). The predicted molar refractivity (Wildman–Crippen MR) is 118 cm³/mol. The topological polar surface area (TPSA) is 49.3 Å². The summed E-state index contributed by atoms with van der Waals surface area (Å²) < 4.78 is 0. The Hall–Kier alpha value is -2.91. The molecule has 0 fully saturated rings. The fourth-order valence-corrected chi connectivity index (χ4v) is 4.10. The molecule has 0 aromatic heterocycles. The van der Waals surface area contributed by atoms with E-state index in [0.717, 1.165) is 16.7 Å². The molecular weight excluding hydrogens is 358 g/mol. The van der Waals surface area contributed by atoms with Gasteiger partial charge in [0.1, 0.15) is 5.60 Å². The molecule has 0 radical (unpaired) electrons.